The van der Waals surface area contributed by atoms with Gasteiger partial charge in [-0.2, -0.15) is 0 Å². The lowest BCUT2D eigenvalue weighted by atomic mass is 9.94. The fraction of sp³-hybridized carbons (Fsp3) is 0.519. The van der Waals surface area contributed by atoms with Crippen LogP contribution in [0, 0.1) is 0 Å². The third-order valence-corrected chi connectivity index (χ3v) is 7.52. The molecular formula is C27H36ClN3. The van der Waals surface area contributed by atoms with Crippen molar-refractivity contribution >= 4 is 28.2 Å². The fourth-order valence-electron chi connectivity index (χ4n) is 5.12. The van der Waals surface area contributed by atoms with Gasteiger partial charge in [-0.3, -0.25) is 4.98 Å². The first kappa shape index (κ1) is 22.2. The summed E-state index contributed by atoms with van der Waals surface area (Å²) in [6.45, 7) is 16.4. The monoisotopic (exact) mass is 437 g/mol. The van der Waals surface area contributed by atoms with E-state index < -0.39 is 0 Å². The lowest BCUT2D eigenvalue weighted by molar-refractivity contribution is 0.134. The molecule has 0 bridgehead atoms. The van der Waals surface area contributed by atoms with Crippen molar-refractivity contribution in [3.8, 4) is 0 Å². The molecule has 1 aliphatic heterocycles. The Labute approximate surface area is 192 Å². The zero-order chi connectivity index (χ0) is 22.0. The van der Waals surface area contributed by atoms with Crippen molar-refractivity contribution < 1.29 is 0 Å². The Bertz CT molecular complexity index is 980. The molecule has 1 unspecified atom stereocenters. The number of nitrogens with zero attached hydrogens (tertiary/aromatic N) is 3. The van der Waals surface area contributed by atoms with Gasteiger partial charge in [0.1, 0.15) is 0 Å². The van der Waals surface area contributed by atoms with E-state index in [-0.39, 0.29) is 0 Å². The molecule has 3 nitrogen and oxygen atoms in total. The third-order valence-electron chi connectivity index (χ3n) is 7.09. The lowest BCUT2D eigenvalue weighted by Gasteiger charge is -2.45. The molecule has 2 aromatic rings. The largest absolute Gasteiger partial charge is 0.369 e. The number of aryl methyl sites for hydroxylation is 1. The van der Waals surface area contributed by atoms with Gasteiger partial charge in [-0.15, -0.1) is 0 Å². The summed E-state index contributed by atoms with van der Waals surface area (Å²) in [5.41, 5.74) is 7.00. The number of rotatable bonds is 7. The van der Waals surface area contributed by atoms with Crippen molar-refractivity contribution in [1.82, 2.24) is 14.8 Å². The summed E-state index contributed by atoms with van der Waals surface area (Å²) in [6, 6.07) is 6.99. The van der Waals surface area contributed by atoms with Gasteiger partial charge in [-0.1, -0.05) is 57.2 Å². The van der Waals surface area contributed by atoms with Gasteiger partial charge in [0.25, 0.3) is 0 Å². The molecule has 0 spiro atoms. The number of aromatic nitrogens is 1. The van der Waals surface area contributed by atoms with Gasteiger partial charge in [0, 0.05) is 48.2 Å². The molecule has 4 heteroatoms. The number of benzene rings is 1. The molecule has 2 aliphatic rings. The van der Waals surface area contributed by atoms with E-state index in [2.05, 4.69) is 55.0 Å². The molecule has 0 N–H and O–H groups in total. The topological polar surface area (TPSA) is 19.4 Å². The highest BCUT2D eigenvalue weighted by molar-refractivity contribution is 6.36. The third kappa shape index (κ3) is 4.48. The highest BCUT2D eigenvalue weighted by Crippen LogP contribution is 2.34. The van der Waals surface area contributed by atoms with Crippen LogP contribution in [0.5, 0.6) is 0 Å². The maximum atomic E-state index is 6.77. The maximum absolute atomic E-state index is 6.77. The van der Waals surface area contributed by atoms with Crippen molar-refractivity contribution in [3.05, 3.63) is 58.9 Å². The Hall–Kier alpha value is -2.00. The minimum Gasteiger partial charge on any atom is -0.369 e. The van der Waals surface area contributed by atoms with Crippen molar-refractivity contribution in [2.45, 2.75) is 71.3 Å². The SMILES string of the molecule is C=C(c1ccc2c(Cl)c3c(nc2c1)CCCC3)N1CCN(C(=C)CCCC)C(CC)C1. The second kappa shape index (κ2) is 9.65. The average Bonchev–Trinajstić information content (AvgIpc) is 2.81. The summed E-state index contributed by atoms with van der Waals surface area (Å²) in [5, 5.41) is 1.98. The van der Waals surface area contributed by atoms with Crippen LogP contribution in [0.3, 0.4) is 0 Å². The minimum atomic E-state index is 0.495. The van der Waals surface area contributed by atoms with Crippen LogP contribution in [0.1, 0.15) is 69.2 Å². The molecule has 4 rings (SSSR count). The molecule has 1 aromatic heterocycles. The van der Waals surface area contributed by atoms with Crippen LogP contribution in [0.2, 0.25) is 5.02 Å². The van der Waals surface area contributed by atoms with Crippen LogP contribution >= 0.6 is 11.6 Å². The summed E-state index contributed by atoms with van der Waals surface area (Å²) < 4.78 is 0. The molecule has 1 aliphatic carbocycles. The second-order valence-electron chi connectivity index (χ2n) is 9.11. The number of fused-ring (bicyclic) bond motifs is 2. The van der Waals surface area contributed by atoms with Crippen LogP contribution in [-0.4, -0.2) is 40.5 Å². The first-order valence-corrected chi connectivity index (χ1v) is 12.4. The summed E-state index contributed by atoms with van der Waals surface area (Å²) in [6.07, 6.45) is 9.18. The number of pyridine rings is 1. The standard InChI is InChI=1S/C27H36ClN3/c1-5-7-10-19(3)31-16-15-30(18-22(31)6-2)20(4)21-13-14-24-26(17-21)29-25-12-9-8-11-23(25)27(24)28/h13-14,17,22H,3-12,15-16,18H2,1-2H3. The molecule has 0 radical (unpaired) electrons. The van der Waals surface area contributed by atoms with Crippen LogP contribution in [0.4, 0.5) is 0 Å². The molecule has 166 valence electrons. The first-order chi connectivity index (χ1) is 15.0. The number of unbranched alkanes of at least 4 members (excludes halogenated alkanes) is 1. The van der Waals surface area contributed by atoms with Gasteiger partial charge in [-0.05, 0) is 62.1 Å². The van der Waals surface area contributed by atoms with E-state index in [0.29, 0.717) is 6.04 Å². The summed E-state index contributed by atoms with van der Waals surface area (Å²) in [7, 11) is 0. The van der Waals surface area contributed by atoms with Gasteiger partial charge < -0.3 is 9.80 Å². The Kier molecular flexibility index (Phi) is 6.91. The Morgan fingerprint density at radius 1 is 1.16 bits per heavy atom. The fourth-order valence-corrected chi connectivity index (χ4v) is 5.48. The molecule has 0 saturated carbocycles. The van der Waals surface area contributed by atoms with Crippen molar-refractivity contribution in [2.75, 3.05) is 19.6 Å². The normalized spacial score (nSPS) is 18.9. The van der Waals surface area contributed by atoms with Gasteiger partial charge in [0.2, 0.25) is 0 Å². The zero-order valence-electron chi connectivity index (χ0n) is 19.2. The molecule has 1 saturated heterocycles. The van der Waals surface area contributed by atoms with E-state index in [1.54, 1.807) is 0 Å². The predicted octanol–water partition coefficient (Wildman–Crippen LogP) is 6.84. The molecule has 1 fully saturated rings. The quantitative estimate of drug-likeness (QED) is 0.472. The second-order valence-corrected chi connectivity index (χ2v) is 9.49. The van der Waals surface area contributed by atoms with E-state index in [4.69, 9.17) is 16.6 Å². The maximum Gasteiger partial charge on any atom is 0.0727 e. The van der Waals surface area contributed by atoms with Crippen molar-refractivity contribution in [2.24, 2.45) is 0 Å². The van der Waals surface area contributed by atoms with Gasteiger partial charge in [0.15, 0.2) is 0 Å². The van der Waals surface area contributed by atoms with E-state index in [9.17, 15) is 0 Å². The van der Waals surface area contributed by atoms with E-state index in [0.717, 1.165) is 72.5 Å². The lowest BCUT2D eigenvalue weighted by Crippen LogP contribution is -2.51. The number of piperazine rings is 1. The van der Waals surface area contributed by atoms with Crippen LogP contribution in [0.25, 0.3) is 16.6 Å². The first-order valence-electron chi connectivity index (χ1n) is 12.0. The molecule has 1 aromatic carbocycles. The Morgan fingerprint density at radius 3 is 2.74 bits per heavy atom. The molecular weight excluding hydrogens is 402 g/mol. The Morgan fingerprint density at radius 2 is 1.97 bits per heavy atom. The van der Waals surface area contributed by atoms with Gasteiger partial charge in [0.05, 0.1) is 10.5 Å². The highest BCUT2D eigenvalue weighted by Gasteiger charge is 2.27. The van der Waals surface area contributed by atoms with E-state index in [1.165, 1.54) is 42.6 Å². The summed E-state index contributed by atoms with van der Waals surface area (Å²) in [5.74, 6) is 0. The van der Waals surface area contributed by atoms with E-state index in [1.807, 2.05) is 0 Å². The van der Waals surface area contributed by atoms with Crippen molar-refractivity contribution in [1.29, 1.82) is 0 Å². The number of halogens is 1. The summed E-state index contributed by atoms with van der Waals surface area (Å²) in [4.78, 5) is 9.97. The zero-order valence-corrected chi connectivity index (χ0v) is 20.0. The predicted molar refractivity (Wildman–Crippen MR) is 133 cm³/mol. The molecule has 31 heavy (non-hydrogen) atoms. The smallest absolute Gasteiger partial charge is 0.0727 e. The van der Waals surface area contributed by atoms with Gasteiger partial charge >= 0.3 is 0 Å². The minimum absolute atomic E-state index is 0.495. The molecule has 0 amide bonds. The Balaban J connectivity index is 1.53. The number of hydrogen-bond donors (Lipinski definition) is 0. The van der Waals surface area contributed by atoms with Gasteiger partial charge in [-0.25, -0.2) is 0 Å². The van der Waals surface area contributed by atoms with Crippen LogP contribution < -0.4 is 0 Å². The molecule has 2 heterocycles. The van der Waals surface area contributed by atoms with E-state index >= 15 is 0 Å². The van der Waals surface area contributed by atoms with Crippen LogP contribution in [0.15, 0.2) is 37.1 Å². The summed E-state index contributed by atoms with van der Waals surface area (Å²) >= 11 is 6.77. The van der Waals surface area contributed by atoms with Crippen LogP contribution in [-0.2, 0) is 12.8 Å². The highest BCUT2D eigenvalue weighted by atomic mass is 35.5. The number of hydrogen-bond acceptors (Lipinski definition) is 3. The van der Waals surface area contributed by atoms with Crippen molar-refractivity contribution in [3.63, 3.8) is 0 Å². The molecule has 1 atom stereocenters. The average molecular weight is 438 g/mol. The number of allylic oxidation sites excluding steroid dienone is 1.